The first-order valence-electron chi connectivity index (χ1n) is 8.90. The van der Waals surface area contributed by atoms with Crippen molar-refractivity contribution in [1.29, 1.82) is 0 Å². The third-order valence-electron chi connectivity index (χ3n) is 4.30. The average molecular weight is 367 g/mol. The number of benzene rings is 2. The van der Waals surface area contributed by atoms with E-state index in [4.69, 9.17) is 0 Å². The van der Waals surface area contributed by atoms with E-state index in [1.807, 2.05) is 51.1 Å². The van der Waals surface area contributed by atoms with Gasteiger partial charge >= 0.3 is 0 Å². The van der Waals surface area contributed by atoms with Crippen molar-refractivity contribution >= 4 is 23.4 Å². The van der Waals surface area contributed by atoms with Crippen molar-refractivity contribution in [2.45, 2.75) is 27.2 Å². The number of anilines is 1. The Kier molecular flexibility index (Phi) is 7.11. The third-order valence-corrected chi connectivity index (χ3v) is 4.30. The summed E-state index contributed by atoms with van der Waals surface area (Å²) in [6, 6.07) is 12.9. The molecule has 2 rings (SSSR count). The number of rotatable bonds is 7. The van der Waals surface area contributed by atoms with E-state index in [0.717, 1.165) is 28.8 Å². The van der Waals surface area contributed by atoms with Crippen LogP contribution in [-0.2, 0) is 16.0 Å². The quantitative estimate of drug-likeness (QED) is 0.702. The van der Waals surface area contributed by atoms with Crippen LogP contribution in [0.5, 0.6) is 0 Å². The number of para-hydroxylation sites is 1. The van der Waals surface area contributed by atoms with Crippen molar-refractivity contribution in [3.63, 3.8) is 0 Å². The van der Waals surface area contributed by atoms with Gasteiger partial charge in [-0.1, -0.05) is 31.2 Å². The lowest BCUT2D eigenvalue weighted by molar-refractivity contribution is -0.123. The molecule has 0 fully saturated rings. The highest BCUT2D eigenvalue weighted by Crippen LogP contribution is 2.15. The summed E-state index contributed by atoms with van der Waals surface area (Å²) in [5.74, 6) is -1.06. The Balaban J connectivity index is 1.77. The standard InChI is InChI=1S/C21H25N3O3/c1-4-16-7-5-6-8-18(16)24-20(26)13-22-19(25)12-23-21(27)17-10-9-14(2)15(3)11-17/h5-11H,4,12-13H2,1-3H3,(H,22,25)(H,23,27)(H,24,26). The minimum Gasteiger partial charge on any atom is -0.345 e. The van der Waals surface area contributed by atoms with Gasteiger partial charge in [0.15, 0.2) is 0 Å². The Morgan fingerprint density at radius 3 is 2.26 bits per heavy atom. The molecule has 0 atom stereocenters. The molecule has 6 heteroatoms. The first-order valence-corrected chi connectivity index (χ1v) is 8.90. The van der Waals surface area contributed by atoms with Gasteiger partial charge in [-0.05, 0) is 55.2 Å². The molecule has 27 heavy (non-hydrogen) atoms. The number of hydrogen-bond acceptors (Lipinski definition) is 3. The molecule has 142 valence electrons. The minimum atomic E-state index is -0.425. The summed E-state index contributed by atoms with van der Waals surface area (Å²) in [6.45, 7) is 5.55. The molecule has 0 spiro atoms. The molecule has 0 saturated heterocycles. The molecule has 0 aromatic heterocycles. The van der Waals surface area contributed by atoms with Crippen LogP contribution in [-0.4, -0.2) is 30.8 Å². The van der Waals surface area contributed by atoms with Crippen LogP contribution in [0, 0.1) is 13.8 Å². The van der Waals surface area contributed by atoms with Crippen LogP contribution in [0.3, 0.4) is 0 Å². The van der Waals surface area contributed by atoms with E-state index in [-0.39, 0.29) is 24.9 Å². The smallest absolute Gasteiger partial charge is 0.251 e. The normalized spacial score (nSPS) is 10.2. The number of nitrogens with one attached hydrogen (secondary N) is 3. The van der Waals surface area contributed by atoms with Gasteiger partial charge in [-0.3, -0.25) is 14.4 Å². The Hall–Kier alpha value is -3.15. The maximum absolute atomic E-state index is 12.1. The summed E-state index contributed by atoms with van der Waals surface area (Å²) < 4.78 is 0. The van der Waals surface area contributed by atoms with Crippen molar-refractivity contribution in [3.8, 4) is 0 Å². The van der Waals surface area contributed by atoms with Crippen LogP contribution in [0.2, 0.25) is 0 Å². The highest BCUT2D eigenvalue weighted by atomic mass is 16.2. The maximum Gasteiger partial charge on any atom is 0.251 e. The highest BCUT2D eigenvalue weighted by Gasteiger charge is 2.11. The predicted molar refractivity (Wildman–Crippen MR) is 106 cm³/mol. The van der Waals surface area contributed by atoms with Crippen LogP contribution >= 0.6 is 0 Å². The molecule has 0 saturated carbocycles. The number of carbonyl (C=O) groups excluding carboxylic acids is 3. The zero-order chi connectivity index (χ0) is 19.8. The van der Waals surface area contributed by atoms with Crippen LogP contribution in [0.25, 0.3) is 0 Å². The van der Waals surface area contributed by atoms with Gasteiger partial charge in [0, 0.05) is 11.3 Å². The van der Waals surface area contributed by atoms with Crippen LogP contribution in [0.4, 0.5) is 5.69 Å². The van der Waals surface area contributed by atoms with Gasteiger partial charge in [-0.25, -0.2) is 0 Å². The molecule has 0 aliphatic heterocycles. The van der Waals surface area contributed by atoms with Gasteiger partial charge in [0.05, 0.1) is 13.1 Å². The van der Waals surface area contributed by atoms with Gasteiger partial charge in [-0.15, -0.1) is 0 Å². The molecule has 0 heterocycles. The number of aryl methyl sites for hydroxylation is 3. The fourth-order valence-corrected chi connectivity index (χ4v) is 2.53. The zero-order valence-corrected chi connectivity index (χ0v) is 15.9. The van der Waals surface area contributed by atoms with Crippen LogP contribution < -0.4 is 16.0 Å². The predicted octanol–water partition coefficient (Wildman–Crippen LogP) is 2.35. The van der Waals surface area contributed by atoms with E-state index < -0.39 is 5.91 Å². The van der Waals surface area contributed by atoms with Crippen LogP contribution in [0.15, 0.2) is 42.5 Å². The lowest BCUT2D eigenvalue weighted by Gasteiger charge is -2.11. The Labute approximate surface area is 159 Å². The van der Waals surface area contributed by atoms with E-state index in [2.05, 4.69) is 16.0 Å². The molecule has 0 unspecified atom stereocenters. The Morgan fingerprint density at radius 2 is 1.56 bits per heavy atom. The largest absolute Gasteiger partial charge is 0.345 e. The topological polar surface area (TPSA) is 87.3 Å². The van der Waals surface area contributed by atoms with Gasteiger partial charge in [0.1, 0.15) is 0 Å². The second kappa shape index (κ2) is 9.52. The second-order valence-electron chi connectivity index (χ2n) is 6.32. The van der Waals surface area contributed by atoms with E-state index in [0.29, 0.717) is 5.56 Å². The molecule has 0 aliphatic carbocycles. The SMILES string of the molecule is CCc1ccccc1NC(=O)CNC(=O)CNC(=O)c1ccc(C)c(C)c1. The average Bonchev–Trinajstić information content (AvgIpc) is 2.67. The summed E-state index contributed by atoms with van der Waals surface area (Å²) in [4.78, 5) is 36.0. The van der Waals surface area contributed by atoms with Crippen molar-refractivity contribution in [3.05, 3.63) is 64.7 Å². The summed E-state index contributed by atoms with van der Waals surface area (Å²) in [7, 11) is 0. The van der Waals surface area contributed by atoms with Gasteiger partial charge in [0.2, 0.25) is 11.8 Å². The molecule has 2 aromatic carbocycles. The van der Waals surface area contributed by atoms with E-state index in [9.17, 15) is 14.4 Å². The Bertz CT molecular complexity index is 846. The van der Waals surface area contributed by atoms with E-state index in [1.54, 1.807) is 12.1 Å². The Morgan fingerprint density at radius 1 is 0.852 bits per heavy atom. The molecule has 2 aromatic rings. The summed E-state index contributed by atoms with van der Waals surface area (Å²) in [6.07, 6.45) is 0.799. The van der Waals surface area contributed by atoms with Crippen LogP contribution in [0.1, 0.15) is 34.0 Å². The fourth-order valence-electron chi connectivity index (χ4n) is 2.53. The molecular weight excluding hydrogens is 342 g/mol. The lowest BCUT2D eigenvalue weighted by atomic mass is 10.1. The summed E-state index contributed by atoms with van der Waals surface area (Å²) in [5.41, 5.74) is 4.37. The van der Waals surface area contributed by atoms with Crippen molar-refractivity contribution < 1.29 is 14.4 Å². The maximum atomic E-state index is 12.1. The van der Waals surface area contributed by atoms with Crippen molar-refractivity contribution in [1.82, 2.24) is 10.6 Å². The monoisotopic (exact) mass is 367 g/mol. The number of carbonyl (C=O) groups is 3. The second-order valence-corrected chi connectivity index (χ2v) is 6.32. The van der Waals surface area contributed by atoms with Crippen molar-refractivity contribution in [2.24, 2.45) is 0 Å². The summed E-state index contributed by atoms with van der Waals surface area (Å²) >= 11 is 0. The minimum absolute atomic E-state index is 0.156. The first-order chi connectivity index (χ1) is 12.9. The molecule has 3 N–H and O–H groups in total. The van der Waals surface area contributed by atoms with E-state index in [1.165, 1.54) is 0 Å². The molecule has 0 aliphatic rings. The van der Waals surface area contributed by atoms with E-state index >= 15 is 0 Å². The van der Waals surface area contributed by atoms with Gasteiger partial charge in [-0.2, -0.15) is 0 Å². The highest BCUT2D eigenvalue weighted by molar-refractivity contribution is 5.98. The third kappa shape index (κ3) is 5.95. The number of hydrogen-bond donors (Lipinski definition) is 3. The van der Waals surface area contributed by atoms with Crippen molar-refractivity contribution in [2.75, 3.05) is 18.4 Å². The molecule has 0 bridgehead atoms. The first kappa shape index (κ1) is 20.2. The fraction of sp³-hybridized carbons (Fsp3) is 0.286. The molecular formula is C21H25N3O3. The summed E-state index contributed by atoms with van der Waals surface area (Å²) in [5, 5.41) is 7.83. The molecule has 3 amide bonds. The van der Waals surface area contributed by atoms with Gasteiger partial charge in [0.25, 0.3) is 5.91 Å². The lowest BCUT2D eigenvalue weighted by Crippen LogP contribution is -2.40. The zero-order valence-electron chi connectivity index (χ0n) is 15.9. The molecule has 0 radical (unpaired) electrons. The van der Waals surface area contributed by atoms with Gasteiger partial charge < -0.3 is 16.0 Å². The molecule has 6 nitrogen and oxygen atoms in total. The number of amides is 3.